The molecule has 4 aromatic rings. The molecule has 3 aromatic heterocycles. The summed E-state index contributed by atoms with van der Waals surface area (Å²) in [6.07, 6.45) is 5.57. The van der Waals surface area contributed by atoms with Gasteiger partial charge in [-0.25, -0.2) is 9.97 Å². The lowest BCUT2D eigenvalue weighted by Crippen LogP contribution is -2.54. The zero-order valence-corrected chi connectivity index (χ0v) is 18.3. The summed E-state index contributed by atoms with van der Waals surface area (Å²) in [7, 11) is 2.89. The fourth-order valence-electron chi connectivity index (χ4n) is 4.20. The van der Waals surface area contributed by atoms with Crippen molar-refractivity contribution in [3.8, 4) is 23.1 Å². The normalized spacial score (nSPS) is 14.1. The number of ketones is 1. The molecule has 0 radical (unpaired) electrons. The summed E-state index contributed by atoms with van der Waals surface area (Å²) >= 11 is 0. The number of nitrogens with one attached hydrogen (secondary N) is 1. The first-order chi connectivity index (χ1) is 16.5. The lowest BCUT2D eigenvalue weighted by atomic mass is 10.0. The molecule has 12 heteroatoms. The summed E-state index contributed by atoms with van der Waals surface area (Å²) in [6, 6.07) is 0. The highest BCUT2D eigenvalue weighted by Gasteiger charge is 2.34. The number of anilines is 1. The summed E-state index contributed by atoms with van der Waals surface area (Å²) in [5.74, 6) is -0.702. The number of fused-ring (bicyclic) bond motifs is 1. The number of amides is 1. The molecule has 0 unspecified atom stereocenters. The van der Waals surface area contributed by atoms with E-state index in [9.17, 15) is 19.2 Å². The second-order valence-corrected chi connectivity index (χ2v) is 7.62. The number of hydrogen-bond acceptors (Lipinski definition) is 10. The third kappa shape index (κ3) is 3.14. The van der Waals surface area contributed by atoms with Crippen molar-refractivity contribution in [3.63, 3.8) is 0 Å². The summed E-state index contributed by atoms with van der Waals surface area (Å²) in [6.45, 7) is 0.927. The zero-order valence-electron chi connectivity index (χ0n) is 18.3. The Morgan fingerprint density at radius 1 is 1.06 bits per heavy atom. The Labute approximate surface area is 191 Å². The van der Waals surface area contributed by atoms with E-state index >= 15 is 0 Å². The molecule has 0 spiro atoms. The van der Waals surface area contributed by atoms with Crippen LogP contribution in [0.5, 0.6) is 11.6 Å². The van der Waals surface area contributed by atoms with Crippen molar-refractivity contribution in [2.45, 2.75) is 0 Å². The number of aromatic nitrogens is 3. The third-order valence-corrected chi connectivity index (χ3v) is 5.91. The van der Waals surface area contributed by atoms with Crippen LogP contribution in [-0.4, -0.2) is 71.9 Å². The lowest BCUT2D eigenvalue weighted by molar-refractivity contribution is -0.126. The fourth-order valence-corrected chi connectivity index (χ4v) is 4.20. The van der Waals surface area contributed by atoms with E-state index in [1.165, 1.54) is 44.0 Å². The van der Waals surface area contributed by atoms with Crippen LogP contribution in [0.4, 0.5) is 5.69 Å². The first-order valence-corrected chi connectivity index (χ1v) is 10.4. The molecular weight excluding hydrogens is 446 g/mol. The van der Waals surface area contributed by atoms with Gasteiger partial charge in [0.1, 0.15) is 28.8 Å². The molecule has 1 fully saturated rings. The van der Waals surface area contributed by atoms with Crippen LogP contribution in [0.3, 0.4) is 0 Å². The van der Waals surface area contributed by atoms with E-state index in [0.29, 0.717) is 16.7 Å². The smallest absolute Gasteiger partial charge is 0.295 e. The van der Waals surface area contributed by atoms with Crippen molar-refractivity contribution in [2.75, 3.05) is 45.3 Å². The van der Waals surface area contributed by atoms with Crippen LogP contribution in [-0.2, 0) is 4.79 Å². The Bertz CT molecular complexity index is 1470. The van der Waals surface area contributed by atoms with Crippen LogP contribution in [0.2, 0.25) is 0 Å². The predicted octanol–water partition coefficient (Wildman–Crippen LogP) is 0.363. The number of H-pyrrole nitrogens is 1. The monoisotopic (exact) mass is 465 g/mol. The van der Waals surface area contributed by atoms with E-state index in [1.807, 2.05) is 0 Å². The summed E-state index contributed by atoms with van der Waals surface area (Å²) in [5, 5.41) is 0.408. The zero-order chi connectivity index (χ0) is 24.0. The number of ether oxygens (including phenoxy) is 2. The van der Waals surface area contributed by atoms with Crippen LogP contribution in [0.25, 0.3) is 22.4 Å². The highest BCUT2D eigenvalue weighted by Crippen LogP contribution is 2.33. The van der Waals surface area contributed by atoms with E-state index in [-0.39, 0.29) is 54.8 Å². The van der Waals surface area contributed by atoms with Gasteiger partial charge in [-0.1, -0.05) is 0 Å². The molecule has 0 saturated carbocycles. The fraction of sp³-hybridized carbons (Fsp3) is 0.273. The van der Waals surface area contributed by atoms with E-state index in [4.69, 9.17) is 13.9 Å². The van der Waals surface area contributed by atoms with E-state index in [2.05, 4.69) is 15.0 Å². The molecule has 1 aromatic carbocycles. The number of carbonyl (C=O) groups is 2. The maximum atomic E-state index is 13.1. The average Bonchev–Trinajstić information content (AvgIpc) is 3.56. The molecule has 4 heterocycles. The number of Topliss-reactive ketones (excluding diaryl/α,β-unsaturated/α-hetero) is 1. The van der Waals surface area contributed by atoms with Gasteiger partial charge in [0.15, 0.2) is 0 Å². The Balaban J connectivity index is 1.35. The number of nitrogens with zero attached hydrogens (tertiary/aromatic N) is 4. The minimum atomic E-state index is -0.708. The molecule has 0 atom stereocenters. The topological polar surface area (TPSA) is 148 Å². The highest BCUT2D eigenvalue weighted by molar-refractivity contribution is 6.45. The van der Waals surface area contributed by atoms with Crippen LogP contribution in [0.1, 0.15) is 10.4 Å². The van der Waals surface area contributed by atoms with Crippen LogP contribution in [0, 0.1) is 0 Å². The third-order valence-electron chi connectivity index (χ3n) is 5.91. The van der Waals surface area contributed by atoms with Crippen molar-refractivity contribution in [1.82, 2.24) is 19.9 Å². The van der Waals surface area contributed by atoms with Gasteiger partial charge in [-0.15, -0.1) is 0 Å². The van der Waals surface area contributed by atoms with Gasteiger partial charge < -0.3 is 28.7 Å². The molecule has 0 aliphatic carbocycles. The van der Waals surface area contributed by atoms with Gasteiger partial charge in [0.05, 0.1) is 37.6 Å². The van der Waals surface area contributed by atoms with Crippen molar-refractivity contribution >= 4 is 28.3 Å². The number of oxazole rings is 1. The van der Waals surface area contributed by atoms with Crippen LogP contribution >= 0.6 is 0 Å². The summed E-state index contributed by atoms with van der Waals surface area (Å²) < 4.78 is 15.7. The molecule has 1 aliphatic rings. The summed E-state index contributed by atoms with van der Waals surface area (Å²) in [4.78, 5) is 64.5. The highest BCUT2D eigenvalue weighted by atomic mass is 16.5. The van der Waals surface area contributed by atoms with Gasteiger partial charge in [0, 0.05) is 32.4 Å². The first-order valence-electron chi connectivity index (χ1n) is 10.4. The minimum absolute atomic E-state index is 0.0893. The second-order valence-electron chi connectivity index (χ2n) is 7.62. The van der Waals surface area contributed by atoms with Crippen molar-refractivity contribution in [2.24, 2.45) is 0 Å². The molecule has 12 nitrogen and oxygen atoms in total. The van der Waals surface area contributed by atoms with Crippen molar-refractivity contribution < 1.29 is 23.5 Å². The average molecular weight is 465 g/mol. The number of hydrogen-bond donors (Lipinski definition) is 1. The molecule has 1 aliphatic heterocycles. The van der Waals surface area contributed by atoms with Gasteiger partial charge in [0.25, 0.3) is 17.1 Å². The Hall–Kier alpha value is -4.48. The lowest BCUT2D eigenvalue weighted by Gasteiger charge is -2.36. The van der Waals surface area contributed by atoms with Crippen molar-refractivity contribution in [3.05, 3.63) is 50.9 Å². The SMILES string of the molecule is COc1ncc(OC)c2c(C(=O)C(=O)N3CCN(c4c(-c5ncco5)c(=O)c4=O)CC3)c[nH]c12. The van der Waals surface area contributed by atoms with Gasteiger partial charge >= 0.3 is 0 Å². The van der Waals surface area contributed by atoms with Gasteiger partial charge in [0.2, 0.25) is 17.2 Å². The molecule has 0 bridgehead atoms. The standard InChI is InChI=1S/C22H19N5O7/c1-32-12-10-25-21(33-2)15-13(12)11(9-24-15)17(28)22(31)27-6-4-26(5-7-27)16-14(18(29)19(16)30)20-23-3-8-34-20/h3,8-10,24H,4-7H2,1-2H3. The second kappa shape index (κ2) is 8.14. The molecule has 174 valence electrons. The molecule has 34 heavy (non-hydrogen) atoms. The number of aromatic amines is 1. The van der Waals surface area contributed by atoms with Crippen LogP contribution in [0.15, 0.2) is 38.9 Å². The molecule has 1 amide bonds. The number of carbonyl (C=O) groups excluding carboxylic acids is 2. The number of piperazine rings is 1. The maximum absolute atomic E-state index is 13.1. The van der Waals surface area contributed by atoms with Gasteiger partial charge in [-0.2, -0.15) is 0 Å². The molecule has 1 saturated heterocycles. The first kappa shape index (κ1) is 21.4. The van der Waals surface area contributed by atoms with E-state index in [0.717, 1.165) is 0 Å². The van der Waals surface area contributed by atoms with Crippen LogP contribution < -0.4 is 25.2 Å². The number of rotatable bonds is 6. The van der Waals surface area contributed by atoms with E-state index < -0.39 is 22.5 Å². The molecule has 5 rings (SSSR count). The molecular formula is C22H19N5O7. The Morgan fingerprint density at radius 2 is 1.82 bits per heavy atom. The predicted molar refractivity (Wildman–Crippen MR) is 119 cm³/mol. The largest absolute Gasteiger partial charge is 0.494 e. The number of pyridine rings is 1. The minimum Gasteiger partial charge on any atom is -0.494 e. The molecule has 1 N–H and O–H groups in total. The summed E-state index contributed by atoms with van der Waals surface area (Å²) in [5.41, 5.74) is -0.302. The van der Waals surface area contributed by atoms with E-state index in [1.54, 1.807) is 4.90 Å². The Morgan fingerprint density at radius 3 is 2.47 bits per heavy atom. The van der Waals surface area contributed by atoms with Gasteiger partial charge in [-0.05, 0) is 0 Å². The maximum Gasteiger partial charge on any atom is 0.295 e. The number of methoxy groups -OCH3 is 2. The van der Waals surface area contributed by atoms with Gasteiger partial charge in [-0.3, -0.25) is 19.2 Å². The Kier molecular flexibility index (Phi) is 5.11. The quantitative estimate of drug-likeness (QED) is 0.313. The van der Waals surface area contributed by atoms with Crippen molar-refractivity contribution in [1.29, 1.82) is 0 Å².